The van der Waals surface area contributed by atoms with E-state index in [9.17, 15) is 31.1 Å². The summed E-state index contributed by atoms with van der Waals surface area (Å²) in [5, 5.41) is 9.01. The molecule has 5 nitrogen and oxygen atoms in total. The van der Waals surface area contributed by atoms with Crippen LogP contribution in [0.4, 0.5) is 36.8 Å². The van der Waals surface area contributed by atoms with E-state index in [1.807, 2.05) is 0 Å². The van der Waals surface area contributed by atoms with Crippen molar-refractivity contribution in [1.29, 1.82) is 5.26 Å². The summed E-state index contributed by atoms with van der Waals surface area (Å²) < 4.78 is 92.4. The Morgan fingerprint density at radius 2 is 1.77 bits per heavy atom. The van der Waals surface area contributed by atoms with E-state index in [2.05, 4.69) is 0 Å². The van der Waals surface area contributed by atoms with Crippen LogP contribution in [0.1, 0.15) is 23.6 Å². The number of carbonyl (C=O) groups excluding carboxylic acids is 1. The Labute approximate surface area is 170 Å². The van der Waals surface area contributed by atoms with Gasteiger partial charge >= 0.3 is 18.4 Å². The van der Waals surface area contributed by atoms with Crippen molar-refractivity contribution in [2.75, 3.05) is 4.90 Å². The van der Waals surface area contributed by atoms with Crippen molar-refractivity contribution >= 4 is 20.1 Å². The van der Waals surface area contributed by atoms with Crippen LogP contribution in [0, 0.1) is 18.3 Å². The summed E-state index contributed by atoms with van der Waals surface area (Å²) >= 11 is 0. The molecule has 30 heavy (non-hydrogen) atoms. The number of nitrogens with zero attached hydrogens (tertiary/aromatic N) is 2. The number of halogens is 6. The fourth-order valence-corrected chi connectivity index (χ4v) is 4.42. The fraction of sp³-hybridized carbons (Fsp3) is 0.556. The maximum Gasteiger partial charge on any atom is 0.418 e. The number of hydrogen-bond donors (Lipinski definition) is 0. The average molecular weight is 454 g/mol. The molecule has 1 amide bonds. The minimum atomic E-state index is -4.95. The van der Waals surface area contributed by atoms with Crippen LogP contribution >= 0.6 is 0 Å². The van der Waals surface area contributed by atoms with E-state index in [4.69, 9.17) is 14.4 Å². The number of alkyl halides is 6. The van der Waals surface area contributed by atoms with Crippen LogP contribution in [0.3, 0.4) is 0 Å². The second kappa shape index (κ2) is 7.77. The molecule has 1 aromatic carbocycles. The first-order chi connectivity index (χ1) is 13.5. The lowest BCUT2D eigenvalue weighted by molar-refractivity contribution is -0.206. The van der Waals surface area contributed by atoms with Crippen LogP contribution in [0.5, 0.6) is 0 Å². The van der Waals surface area contributed by atoms with Crippen molar-refractivity contribution in [2.24, 2.45) is 0 Å². The van der Waals surface area contributed by atoms with Gasteiger partial charge in [0.2, 0.25) is 0 Å². The topological polar surface area (TPSA) is 62.6 Å². The molecule has 0 saturated carbocycles. The molecule has 0 N–H and O–H groups in total. The molecule has 0 aliphatic carbocycles. The van der Waals surface area contributed by atoms with Gasteiger partial charge < -0.3 is 9.16 Å². The van der Waals surface area contributed by atoms with Gasteiger partial charge in [-0.3, -0.25) is 4.90 Å². The molecule has 0 spiro atoms. The molecule has 166 valence electrons. The Balaban J connectivity index is 2.70. The van der Waals surface area contributed by atoms with Crippen LogP contribution in [-0.4, -0.2) is 38.8 Å². The predicted octanol–water partition coefficient (Wildman–Crippen LogP) is 5.38. The average Bonchev–Trinajstić information content (AvgIpc) is 2.83. The smallest absolute Gasteiger partial charge is 0.418 e. The molecule has 3 atom stereocenters. The van der Waals surface area contributed by atoms with E-state index >= 15 is 0 Å². The third-order valence-electron chi connectivity index (χ3n) is 4.48. The first-order valence-corrected chi connectivity index (χ1v) is 12.2. The van der Waals surface area contributed by atoms with Gasteiger partial charge in [-0.25, -0.2) is 4.79 Å². The molecule has 0 bridgehead atoms. The number of carbonyl (C=O) groups is 1. The van der Waals surface area contributed by atoms with Crippen LogP contribution < -0.4 is 4.90 Å². The molecule has 2 rings (SSSR count). The van der Waals surface area contributed by atoms with E-state index in [0.717, 1.165) is 19.1 Å². The van der Waals surface area contributed by atoms with E-state index < -0.39 is 67.4 Å². The van der Waals surface area contributed by atoms with Gasteiger partial charge in [-0.1, -0.05) is 0 Å². The highest BCUT2D eigenvalue weighted by atomic mass is 28.4. The van der Waals surface area contributed by atoms with Crippen molar-refractivity contribution < 1.29 is 40.3 Å². The zero-order valence-electron chi connectivity index (χ0n) is 16.8. The SMILES string of the molecule is Cc1c(N2C(=O)O[C@@H](C)[C@@H]2[C@H](O[Si](C)(C)C)C(F)(F)F)ccc(C#N)c1C(F)(F)F. The molecular weight excluding hydrogens is 434 g/mol. The molecule has 0 radical (unpaired) electrons. The molecule has 0 aromatic heterocycles. The lowest BCUT2D eigenvalue weighted by Crippen LogP contribution is -2.56. The second-order valence-corrected chi connectivity index (χ2v) is 12.3. The summed E-state index contributed by atoms with van der Waals surface area (Å²) in [6.07, 6.45) is -14.8. The largest absolute Gasteiger partial charge is 0.444 e. The molecule has 1 aliphatic rings. The normalized spacial score (nSPS) is 21.4. The minimum absolute atomic E-state index is 0.422. The van der Waals surface area contributed by atoms with Crippen molar-refractivity contribution in [1.82, 2.24) is 0 Å². The molecule has 0 unspecified atom stereocenters. The number of anilines is 1. The third-order valence-corrected chi connectivity index (χ3v) is 5.44. The summed E-state index contributed by atoms with van der Waals surface area (Å²) in [5.74, 6) is 0. The molecule has 1 heterocycles. The van der Waals surface area contributed by atoms with Crippen LogP contribution in [0.15, 0.2) is 12.1 Å². The van der Waals surface area contributed by atoms with E-state index in [1.165, 1.54) is 32.6 Å². The number of cyclic esters (lactones) is 1. The lowest BCUT2D eigenvalue weighted by Gasteiger charge is -2.36. The third kappa shape index (κ3) is 4.72. The van der Waals surface area contributed by atoms with Crippen molar-refractivity contribution in [2.45, 2.75) is 64.1 Å². The summed E-state index contributed by atoms with van der Waals surface area (Å²) in [6.45, 7) is 6.78. The van der Waals surface area contributed by atoms with E-state index in [1.54, 1.807) is 0 Å². The maximum absolute atomic E-state index is 13.9. The monoisotopic (exact) mass is 454 g/mol. The van der Waals surface area contributed by atoms with E-state index in [-0.39, 0.29) is 0 Å². The number of nitriles is 1. The zero-order valence-corrected chi connectivity index (χ0v) is 17.8. The zero-order chi connectivity index (χ0) is 23.2. The molecule has 1 fully saturated rings. The molecule has 1 aromatic rings. The Morgan fingerprint density at radius 1 is 1.20 bits per heavy atom. The van der Waals surface area contributed by atoms with Gasteiger partial charge in [0.1, 0.15) is 12.1 Å². The summed E-state index contributed by atoms with van der Waals surface area (Å²) in [5.41, 5.74) is -2.99. The van der Waals surface area contributed by atoms with Crippen LogP contribution in [-0.2, 0) is 15.3 Å². The van der Waals surface area contributed by atoms with Gasteiger partial charge in [0.25, 0.3) is 0 Å². The standard InChI is InChI=1S/C18H20F6N2O3Si/c1-9-12(7-6-11(8-25)13(9)17(19,20)21)26-14(10(2)28-16(26)27)15(18(22,23)24)29-30(3,4)5/h6-7,10,14-15H,1-5H3/t10-,14+,15-/m0/s1. The second-order valence-electron chi connectivity index (χ2n) is 7.88. The highest BCUT2D eigenvalue weighted by Gasteiger charge is 2.57. The number of rotatable bonds is 4. The van der Waals surface area contributed by atoms with Crippen LogP contribution in [0.2, 0.25) is 19.6 Å². The minimum Gasteiger partial charge on any atom is -0.444 e. The first kappa shape index (κ1) is 24.0. The number of ether oxygens (including phenoxy) is 1. The lowest BCUT2D eigenvalue weighted by atomic mass is 9.97. The molecule has 1 saturated heterocycles. The molecule has 1 aliphatic heterocycles. The van der Waals surface area contributed by atoms with Gasteiger partial charge in [0.15, 0.2) is 14.4 Å². The quantitative estimate of drug-likeness (QED) is 0.453. The summed E-state index contributed by atoms with van der Waals surface area (Å²) in [4.78, 5) is 13.0. The van der Waals surface area contributed by atoms with Gasteiger partial charge in [0.05, 0.1) is 22.9 Å². The van der Waals surface area contributed by atoms with Crippen molar-refractivity contribution in [3.05, 3.63) is 28.8 Å². The van der Waals surface area contributed by atoms with Gasteiger partial charge in [-0.05, 0) is 51.2 Å². The van der Waals surface area contributed by atoms with Gasteiger partial charge in [-0.2, -0.15) is 31.6 Å². The molecule has 12 heteroatoms. The van der Waals surface area contributed by atoms with Crippen LogP contribution in [0.25, 0.3) is 0 Å². The maximum atomic E-state index is 13.9. The molecular formula is C18H20F6N2O3Si. The first-order valence-electron chi connectivity index (χ1n) is 8.84. The fourth-order valence-electron chi connectivity index (χ4n) is 3.39. The summed E-state index contributed by atoms with van der Waals surface area (Å²) in [6, 6.07) is 1.51. The number of amides is 1. The number of hydrogen-bond acceptors (Lipinski definition) is 4. The Morgan fingerprint density at radius 3 is 2.20 bits per heavy atom. The van der Waals surface area contributed by atoms with E-state index in [0.29, 0.717) is 4.90 Å². The van der Waals surface area contributed by atoms with Gasteiger partial charge in [-0.15, -0.1) is 0 Å². The Bertz CT molecular complexity index is 873. The van der Waals surface area contributed by atoms with Gasteiger partial charge in [0, 0.05) is 0 Å². The predicted molar refractivity (Wildman–Crippen MR) is 97.4 cm³/mol. The summed E-state index contributed by atoms with van der Waals surface area (Å²) in [7, 11) is -2.79. The number of benzene rings is 1. The van der Waals surface area contributed by atoms with Crippen molar-refractivity contribution in [3.8, 4) is 6.07 Å². The Kier molecular flexibility index (Phi) is 6.22. The Hall–Kier alpha value is -2.26. The highest BCUT2D eigenvalue weighted by molar-refractivity contribution is 6.69. The van der Waals surface area contributed by atoms with Crippen molar-refractivity contribution in [3.63, 3.8) is 0 Å². The highest BCUT2D eigenvalue weighted by Crippen LogP contribution is 2.43.